The number of halogens is 1. The second kappa shape index (κ2) is 9.10. The van der Waals surface area contributed by atoms with Crippen LogP contribution in [0, 0.1) is 0 Å². The van der Waals surface area contributed by atoms with Gasteiger partial charge in [-0.2, -0.15) is 0 Å². The van der Waals surface area contributed by atoms with Crippen molar-refractivity contribution in [1.29, 1.82) is 0 Å². The summed E-state index contributed by atoms with van der Waals surface area (Å²) >= 11 is 6.33. The van der Waals surface area contributed by atoms with Crippen LogP contribution in [0.4, 0.5) is 17.1 Å². The summed E-state index contributed by atoms with van der Waals surface area (Å²) in [4.78, 5) is 15.8. The Hall–Kier alpha value is -3.23. The van der Waals surface area contributed by atoms with Crippen molar-refractivity contribution in [2.45, 2.75) is 4.90 Å². The van der Waals surface area contributed by atoms with Crippen molar-refractivity contribution in [3.05, 3.63) is 83.4 Å². The molecule has 3 aromatic rings. The molecule has 0 amide bonds. The predicted molar refractivity (Wildman–Crippen MR) is 127 cm³/mol. The third kappa shape index (κ3) is 4.66. The van der Waals surface area contributed by atoms with Crippen LogP contribution >= 0.6 is 11.6 Å². The Morgan fingerprint density at radius 1 is 0.844 bits per heavy atom. The topological polar surface area (TPSA) is 89.9 Å². The summed E-state index contributed by atoms with van der Waals surface area (Å²) in [6, 6.07) is 20.1. The Morgan fingerprint density at radius 2 is 1.44 bits per heavy atom. The van der Waals surface area contributed by atoms with E-state index < -0.39 is 16.0 Å². The number of aromatic carboxylic acids is 1. The Morgan fingerprint density at radius 3 is 2.06 bits per heavy atom. The van der Waals surface area contributed by atoms with Crippen molar-refractivity contribution < 1.29 is 18.3 Å². The molecule has 1 fully saturated rings. The van der Waals surface area contributed by atoms with Gasteiger partial charge in [-0.15, -0.1) is 0 Å². The summed E-state index contributed by atoms with van der Waals surface area (Å²) in [7, 11) is -3.87. The number of hydrogen-bond acceptors (Lipinski definition) is 5. The third-order valence-electron chi connectivity index (χ3n) is 5.35. The SMILES string of the molecule is O=C(O)c1ccc(N2CCN(c3ccccc3Cl)CC2)c(NS(=O)(=O)c2ccccc2)c1. The molecule has 0 aliphatic carbocycles. The standard InChI is InChI=1S/C23H22ClN3O4S/c24-19-8-4-5-9-21(19)26-12-14-27(15-13-26)22-11-10-17(23(28)29)16-20(22)25-32(30,31)18-6-2-1-3-7-18/h1-11,16,25H,12-15H2,(H,28,29). The lowest BCUT2D eigenvalue weighted by Crippen LogP contribution is -2.46. The van der Waals surface area contributed by atoms with Crippen LogP contribution in [0.15, 0.2) is 77.7 Å². The zero-order valence-electron chi connectivity index (χ0n) is 17.1. The number of nitrogens with one attached hydrogen (secondary N) is 1. The maximum Gasteiger partial charge on any atom is 0.335 e. The van der Waals surface area contributed by atoms with E-state index >= 15 is 0 Å². The highest BCUT2D eigenvalue weighted by Crippen LogP contribution is 2.32. The summed E-state index contributed by atoms with van der Waals surface area (Å²) < 4.78 is 28.4. The first kappa shape index (κ1) is 22.0. The van der Waals surface area contributed by atoms with Crippen molar-refractivity contribution >= 4 is 44.7 Å². The van der Waals surface area contributed by atoms with Crippen LogP contribution in [0.2, 0.25) is 5.02 Å². The minimum absolute atomic E-state index is 0.00853. The highest BCUT2D eigenvalue weighted by atomic mass is 35.5. The lowest BCUT2D eigenvalue weighted by atomic mass is 10.1. The number of carbonyl (C=O) groups is 1. The number of rotatable bonds is 6. The van der Waals surface area contributed by atoms with E-state index in [0.29, 0.717) is 36.9 Å². The summed E-state index contributed by atoms with van der Waals surface area (Å²) in [5, 5.41) is 10.1. The minimum Gasteiger partial charge on any atom is -0.478 e. The molecule has 1 saturated heterocycles. The number of piperazine rings is 1. The second-order valence-electron chi connectivity index (χ2n) is 7.38. The fraction of sp³-hybridized carbons (Fsp3) is 0.174. The molecular weight excluding hydrogens is 450 g/mol. The van der Waals surface area contributed by atoms with E-state index in [0.717, 1.165) is 5.69 Å². The van der Waals surface area contributed by atoms with Crippen LogP contribution < -0.4 is 14.5 Å². The maximum absolute atomic E-state index is 12.9. The number of sulfonamides is 1. The average Bonchev–Trinajstić information content (AvgIpc) is 2.80. The number of anilines is 3. The zero-order chi connectivity index (χ0) is 22.7. The van der Waals surface area contributed by atoms with Crippen LogP contribution in [0.3, 0.4) is 0 Å². The van der Waals surface area contributed by atoms with Gasteiger partial charge in [-0.05, 0) is 42.5 Å². The fourth-order valence-electron chi connectivity index (χ4n) is 3.73. The van der Waals surface area contributed by atoms with E-state index in [9.17, 15) is 18.3 Å². The highest BCUT2D eigenvalue weighted by molar-refractivity contribution is 7.92. The van der Waals surface area contributed by atoms with Crippen molar-refractivity contribution in [2.24, 2.45) is 0 Å². The molecule has 0 saturated carbocycles. The predicted octanol–water partition coefficient (Wildman–Crippen LogP) is 4.17. The summed E-state index contributed by atoms with van der Waals surface area (Å²) in [5.74, 6) is -1.12. The fourth-order valence-corrected chi connectivity index (χ4v) is 5.07. The summed E-state index contributed by atoms with van der Waals surface area (Å²) in [5.41, 5.74) is 1.84. The average molecular weight is 472 g/mol. The van der Waals surface area contributed by atoms with Crippen molar-refractivity contribution in [3.8, 4) is 0 Å². The van der Waals surface area contributed by atoms with E-state index in [1.807, 2.05) is 29.2 Å². The van der Waals surface area contributed by atoms with Gasteiger partial charge >= 0.3 is 5.97 Å². The molecule has 166 valence electrons. The highest BCUT2D eigenvalue weighted by Gasteiger charge is 2.24. The van der Waals surface area contributed by atoms with Gasteiger partial charge in [0.1, 0.15) is 0 Å². The van der Waals surface area contributed by atoms with Crippen LogP contribution in [0.1, 0.15) is 10.4 Å². The van der Waals surface area contributed by atoms with E-state index in [1.165, 1.54) is 24.3 Å². The third-order valence-corrected chi connectivity index (χ3v) is 7.06. The van der Waals surface area contributed by atoms with Crippen LogP contribution in [0.25, 0.3) is 0 Å². The van der Waals surface area contributed by atoms with Gasteiger partial charge in [0.25, 0.3) is 10.0 Å². The molecule has 0 atom stereocenters. The molecule has 0 radical (unpaired) electrons. The molecule has 0 spiro atoms. The molecule has 1 heterocycles. The van der Waals surface area contributed by atoms with Gasteiger partial charge < -0.3 is 14.9 Å². The Kier molecular flexibility index (Phi) is 6.25. The second-order valence-corrected chi connectivity index (χ2v) is 9.47. The number of para-hydroxylation sites is 1. The summed E-state index contributed by atoms with van der Waals surface area (Å²) in [6.07, 6.45) is 0. The first-order chi connectivity index (χ1) is 15.3. The van der Waals surface area contributed by atoms with Gasteiger partial charge in [-0.1, -0.05) is 41.9 Å². The largest absolute Gasteiger partial charge is 0.478 e. The molecule has 0 unspecified atom stereocenters. The molecule has 1 aliphatic heterocycles. The van der Waals surface area contributed by atoms with Crippen LogP contribution in [-0.2, 0) is 10.0 Å². The molecule has 3 aromatic carbocycles. The Bertz CT molecular complexity index is 1230. The first-order valence-electron chi connectivity index (χ1n) is 10.0. The molecule has 32 heavy (non-hydrogen) atoms. The van der Waals surface area contributed by atoms with Gasteiger partial charge in [-0.3, -0.25) is 4.72 Å². The number of carboxylic acid groups (broad SMARTS) is 1. The lowest BCUT2D eigenvalue weighted by Gasteiger charge is -2.38. The zero-order valence-corrected chi connectivity index (χ0v) is 18.7. The van der Waals surface area contributed by atoms with E-state index in [4.69, 9.17) is 11.6 Å². The van der Waals surface area contributed by atoms with E-state index in [2.05, 4.69) is 9.62 Å². The van der Waals surface area contributed by atoms with E-state index in [1.54, 1.807) is 24.3 Å². The lowest BCUT2D eigenvalue weighted by molar-refractivity contribution is 0.0697. The van der Waals surface area contributed by atoms with Gasteiger partial charge in [-0.25, -0.2) is 13.2 Å². The number of benzene rings is 3. The van der Waals surface area contributed by atoms with Gasteiger partial charge in [0.05, 0.1) is 32.5 Å². The quantitative estimate of drug-likeness (QED) is 0.561. The van der Waals surface area contributed by atoms with Crippen molar-refractivity contribution in [1.82, 2.24) is 0 Å². The van der Waals surface area contributed by atoms with Crippen molar-refractivity contribution in [2.75, 3.05) is 40.7 Å². The summed E-state index contributed by atoms with van der Waals surface area (Å²) in [6.45, 7) is 2.62. The molecular formula is C23H22ClN3O4S. The van der Waals surface area contributed by atoms with Crippen LogP contribution in [-0.4, -0.2) is 45.7 Å². The Balaban J connectivity index is 1.60. The molecule has 7 nitrogen and oxygen atoms in total. The number of hydrogen-bond donors (Lipinski definition) is 2. The normalized spacial score (nSPS) is 14.3. The monoisotopic (exact) mass is 471 g/mol. The molecule has 4 rings (SSSR count). The smallest absolute Gasteiger partial charge is 0.335 e. The molecule has 2 N–H and O–H groups in total. The maximum atomic E-state index is 12.9. The van der Waals surface area contributed by atoms with Gasteiger partial charge in [0.15, 0.2) is 0 Å². The number of nitrogens with zero attached hydrogens (tertiary/aromatic N) is 2. The van der Waals surface area contributed by atoms with Crippen molar-refractivity contribution in [3.63, 3.8) is 0 Å². The van der Waals surface area contributed by atoms with Crippen LogP contribution in [0.5, 0.6) is 0 Å². The number of carboxylic acids is 1. The Labute approximate surface area is 191 Å². The minimum atomic E-state index is -3.87. The molecule has 0 aromatic heterocycles. The molecule has 1 aliphatic rings. The van der Waals surface area contributed by atoms with Gasteiger partial charge in [0.2, 0.25) is 0 Å². The first-order valence-corrected chi connectivity index (χ1v) is 11.9. The molecule has 9 heteroatoms. The van der Waals surface area contributed by atoms with Gasteiger partial charge in [0, 0.05) is 26.2 Å². The molecule has 0 bridgehead atoms. The van der Waals surface area contributed by atoms with E-state index in [-0.39, 0.29) is 16.1 Å².